The summed E-state index contributed by atoms with van der Waals surface area (Å²) in [6.07, 6.45) is 2.30. The maximum atomic E-state index is 12.7. The van der Waals surface area contributed by atoms with Crippen LogP contribution in [0.1, 0.15) is 36.5 Å². The van der Waals surface area contributed by atoms with E-state index in [4.69, 9.17) is 4.74 Å². The minimum absolute atomic E-state index is 0.0343. The first-order valence-corrected chi connectivity index (χ1v) is 9.77. The molecule has 2 aromatic carbocycles. The third-order valence-corrected chi connectivity index (χ3v) is 4.67. The van der Waals surface area contributed by atoms with Crippen molar-refractivity contribution in [3.8, 4) is 5.75 Å². The van der Waals surface area contributed by atoms with E-state index in [-0.39, 0.29) is 11.8 Å². The number of halogens is 2. The van der Waals surface area contributed by atoms with Crippen LogP contribution in [0.2, 0.25) is 0 Å². The molecule has 0 aromatic heterocycles. The Balaban J connectivity index is 2.15. The molecule has 5 nitrogen and oxygen atoms in total. The largest absolute Gasteiger partial charge is 0.495 e. The van der Waals surface area contributed by atoms with Crippen molar-refractivity contribution in [2.75, 3.05) is 17.7 Å². The van der Waals surface area contributed by atoms with Crippen molar-refractivity contribution in [3.05, 3.63) is 50.9 Å². The Morgan fingerprint density at radius 2 is 1.77 bits per heavy atom. The maximum Gasteiger partial charge on any atom is 0.259 e. The zero-order chi connectivity index (χ0) is 19.1. The van der Waals surface area contributed by atoms with Gasteiger partial charge in [0.1, 0.15) is 5.75 Å². The highest BCUT2D eigenvalue weighted by atomic mass is 79.9. The van der Waals surface area contributed by atoms with E-state index in [0.717, 1.165) is 17.3 Å². The van der Waals surface area contributed by atoms with Crippen molar-refractivity contribution in [2.45, 2.75) is 26.2 Å². The van der Waals surface area contributed by atoms with Gasteiger partial charge in [-0.2, -0.15) is 0 Å². The molecule has 0 atom stereocenters. The number of carbonyl (C=O) groups is 2. The molecule has 26 heavy (non-hydrogen) atoms. The van der Waals surface area contributed by atoms with Crippen LogP contribution in [0.5, 0.6) is 5.75 Å². The number of ether oxygens (including phenoxy) is 1. The molecule has 0 fully saturated rings. The number of methoxy groups -OCH3 is 1. The van der Waals surface area contributed by atoms with Gasteiger partial charge in [-0.15, -0.1) is 0 Å². The summed E-state index contributed by atoms with van der Waals surface area (Å²) in [7, 11) is 1.51. The van der Waals surface area contributed by atoms with Crippen LogP contribution in [0, 0.1) is 0 Å². The Morgan fingerprint density at radius 1 is 1.08 bits per heavy atom. The van der Waals surface area contributed by atoms with Crippen LogP contribution in [0.3, 0.4) is 0 Å². The van der Waals surface area contributed by atoms with Crippen molar-refractivity contribution in [1.29, 1.82) is 0 Å². The first-order chi connectivity index (χ1) is 12.4. The number of rotatable bonds is 7. The van der Waals surface area contributed by atoms with Gasteiger partial charge in [-0.25, -0.2) is 0 Å². The first kappa shape index (κ1) is 20.5. The second kappa shape index (κ2) is 9.73. The Bertz CT molecular complexity index is 809. The third kappa shape index (κ3) is 5.57. The van der Waals surface area contributed by atoms with Crippen molar-refractivity contribution in [2.24, 2.45) is 0 Å². The Morgan fingerprint density at radius 3 is 2.42 bits per heavy atom. The van der Waals surface area contributed by atoms with Gasteiger partial charge in [0.2, 0.25) is 5.91 Å². The fourth-order valence-corrected chi connectivity index (χ4v) is 3.76. The highest BCUT2D eigenvalue weighted by molar-refractivity contribution is 9.11. The molecule has 0 spiro atoms. The molecule has 2 rings (SSSR count). The quantitative estimate of drug-likeness (QED) is 0.538. The lowest BCUT2D eigenvalue weighted by atomic mass is 10.1. The van der Waals surface area contributed by atoms with Crippen molar-refractivity contribution in [1.82, 2.24) is 0 Å². The second-order valence-corrected chi connectivity index (χ2v) is 7.43. The zero-order valence-electron chi connectivity index (χ0n) is 14.6. The van der Waals surface area contributed by atoms with Gasteiger partial charge in [-0.3, -0.25) is 9.59 Å². The van der Waals surface area contributed by atoms with Gasteiger partial charge >= 0.3 is 0 Å². The molecule has 0 bridgehead atoms. The number of nitrogens with one attached hydrogen (secondary N) is 2. The van der Waals surface area contributed by atoms with Gasteiger partial charge in [-0.05, 0) is 52.7 Å². The predicted molar refractivity (Wildman–Crippen MR) is 111 cm³/mol. The topological polar surface area (TPSA) is 67.4 Å². The van der Waals surface area contributed by atoms with E-state index < -0.39 is 0 Å². The highest BCUT2D eigenvalue weighted by Crippen LogP contribution is 2.33. The standard InChI is InChI=1S/C19H20Br2N2O3/c1-3-4-8-17(24)22-13-6-5-7-14(11-13)23-19(25)15-9-12(20)10-16(21)18(15)26-2/h5-7,9-11H,3-4,8H2,1-2H3,(H,22,24)(H,23,25). The van der Waals surface area contributed by atoms with Gasteiger partial charge in [-0.1, -0.05) is 35.3 Å². The number of hydrogen-bond donors (Lipinski definition) is 2. The Kier molecular flexibility index (Phi) is 7.66. The van der Waals surface area contributed by atoms with Crippen LogP contribution in [0.15, 0.2) is 45.3 Å². The molecule has 2 aromatic rings. The highest BCUT2D eigenvalue weighted by Gasteiger charge is 2.17. The number of carbonyl (C=O) groups excluding carboxylic acids is 2. The molecule has 0 saturated carbocycles. The summed E-state index contributed by atoms with van der Waals surface area (Å²) in [4.78, 5) is 24.5. The van der Waals surface area contributed by atoms with E-state index in [0.29, 0.717) is 33.6 Å². The van der Waals surface area contributed by atoms with Gasteiger partial charge in [0.05, 0.1) is 17.1 Å². The lowest BCUT2D eigenvalue weighted by Gasteiger charge is -2.12. The minimum atomic E-state index is -0.307. The molecule has 0 unspecified atom stereocenters. The second-order valence-electron chi connectivity index (χ2n) is 5.66. The number of benzene rings is 2. The monoisotopic (exact) mass is 482 g/mol. The van der Waals surface area contributed by atoms with E-state index >= 15 is 0 Å². The van der Waals surface area contributed by atoms with E-state index in [2.05, 4.69) is 42.5 Å². The van der Waals surface area contributed by atoms with Crippen LogP contribution in [-0.4, -0.2) is 18.9 Å². The van der Waals surface area contributed by atoms with Crippen molar-refractivity contribution in [3.63, 3.8) is 0 Å². The average molecular weight is 484 g/mol. The van der Waals surface area contributed by atoms with Crippen LogP contribution in [-0.2, 0) is 4.79 Å². The van der Waals surface area contributed by atoms with E-state index in [9.17, 15) is 9.59 Å². The third-order valence-electron chi connectivity index (χ3n) is 3.62. The molecule has 0 heterocycles. The van der Waals surface area contributed by atoms with Crippen LogP contribution >= 0.6 is 31.9 Å². The van der Waals surface area contributed by atoms with Crippen molar-refractivity contribution >= 4 is 55.0 Å². The van der Waals surface area contributed by atoms with Crippen LogP contribution in [0.25, 0.3) is 0 Å². The zero-order valence-corrected chi connectivity index (χ0v) is 17.7. The van der Waals surface area contributed by atoms with Crippen molar-refractivity contribution < 1.29 is 14.3 Å². The molecular formula is C19H20Br2N2O3. The van der Waals surface area contributed by atoms with Crippen LogP contribution < -0.4 is 15.4 Å². The molecule has 7 heteroatoms. The van der Waals surface area contributed by atoms with Crippen LogP contribution in [0.4, 0.5) is 11.4 Å². The molecule has 0 aliphatic rings. The molecule has 0 radical (unpaired) electrons. The lowest BCUT2D eigenvalue weighted by Crippen LogP contribution is -2.14. The SMILES string of the molecule is CCCCC(=O)Nc1cccc(NC(=O)c2cc(Br)cc(Br)c2OC)c1. The summed E-state index contributed by atoms with van der Waals surface area (Å²) >= 11 is 6.77. The number of amides is 2. The van der Waals surface area contributed by atoms with E-state index in [1.165, 1.54) is 7.11 Å². The fourth-order valence-electron chi connectivity index (χ4n) is 2.37. The predicted octanol–water partition coefficient (Wildman–Crippen LogP) is 5.60. The fraction of sp³-hybridized carbons (Fsp3) is 0.263. The summed E-state index contributed by atoms with van der Waals surface area (Å²) in [5, 5.41) is 5.67. The molecule has 0 aliphatic heterocycles. The Hall–Kier alpha value is -1.86. The van der Waals surface area contributed by atoms with Gasteiger partial charge < -0.3 is 15.4 Å². The summed E-state index contributed by atoms with van der Waals surface area (Å²) in [5.41, 5.74) is 1.62. The van der Waals surface area contributed by atoms with Gasteiger partial charge in [0.15, 0.2) is 0 Å². The molecular weight excluding hydrogens is 464 g/mol. The number of unbranched alkanes of at least 4 members (excludes halogenated alkanes) is 1. The van der Waals surface area contributed by atoms with E-state index in [1.807, 2.05) is 13.0 Å². The summed E-state index contributed by atoms with van der Waals surface area (Å²) in [5.74, 6) is 0.112. The molecule has 2 amide bonds. The minimum Gasteiger partial charge on any atom is -0.495 e. The first-order valence-electron chi connectivity index (χ1n) is 8.19. The Labute approximate surface area is 169 Å². The summed E-state index contributed by atoms with van der Waals surface area (Å²) in [6, 6.07) is 10.5. The van der Waals surface area contributed by atoms with E-state index in [1.54, 1.807) is 30.3 Å². The van der Waals surface area contributed by atoms with Gasteiger partial charge in [0.25, 0.3) is 5.91 Å². The van der Waals surface area contributed by atoms with Gasteiger partial charge in [0, 0.05) is 22.3 Å². The molecule has 138 valence electrons. The lowest BCUT2D eigenvalue weighted by molar-refractivity contribution is -0.116. The number of anilines is 2. The molecule has 2 N–H and O–H groups in total. The molecule has 0 saturated heterocycles. The smallest absolute Gasteiger partial charge is 0.259 e. The average Bonchev–Trinajstić information content (AvgIpc) is 2.59. The normalized spacial score (nSPS) is 10.3. The maximum absolute atomic E-state index is 12.7. The summed E-state index contributed by atoms with van der Waals surface area (Å²) in [6.45, 7) is 2.04. The molecule has 0 aliphatic carbocycles. The number of hydrogen-bond acceptors (Lipinski definition) is 3. The summed E-state index contributed by atoms with van der Waals surface area (Å²) < 4.78 is 6.75.